The maximum Gasteiger partial charge on any atom is 0.275 e. The smallest absolute Gasteiger partial charge is 0.275 e. The second-order valence-electron chi connectivity index (χ2n) is 4.49. The first kappa shape index (κ1) is 14.9. The predicted molar refractivity (Wildman–Crippen MR) is 78.8 cm³/mol. The first-order valence-electron chi connectivity index (χ1n) is 6.57. The molecule has 0 unspecified atom stereocenters. The second-order valence-corrected chi connectivity index (χ2v) is 4.49. The third kappa shape index (κ3) is 3.55. The largest absolute Gasteiger partial charge is 0.383 e. The number of ether oxygens (including phenoxy) is 1. The van der Waals surface area contributed by atoms with E-state index in [4.69, 9.17) is 4.74 Å². The van der Waals surface area contributed by atoms with E-state index >= 15 is 0 Å². The molecule has 2 aromatic rings. The van der Waals surface area contributed by atoms with Crippen LogP contribution in [0.2, 0.25) is 0 Å². The molecule has 0 radical (unpaired) electrons. The first-order chi connectivity index (χ1) is 10.1. The van der Waals surface area contributed by atoms with Crippen molar-refractivity contribution in [2.75, 3.05) is 20.3 Å². The van der Waals surface area contributed by atoms with E-state index in [0.717, 1.165) is 5.69 Å². The van der Waals surface area contributed by atoms with Crippen LogP contribution >= 0.6 is 0 Å². The molecule has 6 nitrogen and oxygen atoms in total. The average molecular weight is 287 g/mol. The van der Waals surface area contributed by atoms with Crippen LogP contribution in [0, 0.1) is 6.92 Å². The summed E-state index contributed by atoms with van der Waals surface area (Å²) < 4.78 is 6.43. The van der Waals surface area contributed by atoms with Gasteiger partial charge in [0.15, 0.2) is 5.69 Å². The fourth-order valence-corrected chi connectivity index (χ4v) is 1.89. The van der Waals surface area contributed by atoms with Gasteiger partial charge < -0.3 is 10.1 Å². The zero-order valence-corrected chi connectivity index (χ0v) is 12.0. The molecule has 0 aliphatic rings. The van der Waals surface area contributed by atoms with Crippen molar-refractivity contribution in [3.63, 3.8) is 0 Å². The number of nitrogens with one attached hydrogen (secondary N) is 1. The Morgan fingerprint density at radius 2 is 2.05 bits per heavy atom. The molecule has 0 bridgehead atoms. The van der Waals surface area contributed by atoms with Crippen LogP contribution in [-0.2, 0) is 4.74 Å². The molecule has 110 valence electrons. The van der Waals surface area contributed by atoms with Crippen molar-refractivity contribution in [2.45, 2.75) is 6.92 Å². The van der Waals surface area contributed by atoms with Gasteiger partial charge in [-0.3, -0.25) is 9.59 Å². The molecule has 0 fully saturated rings. The summed E-state index contributed by atoms with van der Waals surface area (Å²) in [6, 6.07) is 10.7. The van der Waals surface area contributed by atoms with E-state index in [1.54, 1.807) is 18.7 Å². The summed E-state index contributed by atoms with van der Waals surface area (Å²) in [4.78, 5) is 23.9. The van der Waals surface area contributed by atoms with E-state index in [-0.39, 0.29) is 5.69 Å². The Labute approximate surface area is 122 Å². The van der Waals surface area contributed by atoms with Crippen LogP contribution in [0.1, 0.15) is 16.2 Å². The van der Waals surface area contributed by atoms with Crippen LogP contribution in [-0.4, -0.2) is 35.9 Å². The number of carbonyl (C=O) groups excluding carboxylic acids is 1. The highest BCUT2D eigenvalue weighted by atomic mass is 16.5. The van der Waals surface area contributed by atoms with Crippen LogP contribution in [0.4, 0.5) is 0 Å². The molecule has 0 aliphatic heterocycles. The van der Waals surface area contributed by atoms with Crippen LogP contribution in [0.5, 0.6) is 0 Å². The summed E-state index contributed by atoms with van der Waals surface area (Å²) >= 11 is 0. The first-order valence-corrected chi connectivity index (χ1v) is 6.57. The fraction of sp³-hybridized carbons (Fsp3) is 0.267. The van der Waals surface area contributed by atoms with E-state index in [9.17, 15) is 9.59 Å². The van der Waals surface area contributed by atoms with Gasteiger partial charge in [0.2, 0.25) is 5.43 Å². The minimum atomic E-state index is -0.498. The van der Waals surface area contributed by atoms with Crippen molar-refractivity contribution in [1.82, 2.24) is 15.1 Å². The Hall–Kier alpha value is -2.47. The summed E-state index contributed by atoms with van der Waals surface area (Å²) in [5.41, 5.74) is 0.940. The Balaban J connectivity index is 2.35. The lowest BCUT2D eigenvalue weighted by molar-refractivity contribution is 0.0929. The molecule has 0 saturated heterocycles. The van der Waals surface area contributed by atoms with Crippen molar-refractivity contribution in [3.05, 3.63) is 58.0 Å². The molecule has 1 aromatic carbocycles. The molecule has 1 heterocycles. The zero-order chi connectivity index (χ0) is 15.2. The number of methoxy groups -OCH3 is 1. The summed E-state index contributed by atoms with van der Waals surface area (Å²) in [5.74, 6) is -0.498. The van der Waals surface area contributed by atoms with Gasteiger partial charge in [0.25, 0.3) is 5.91 Å². The van der Waals surface area contributed by atoms with Crippen LogP contribution in [0.25, 0.3) is 5.69 Å². The zero-order valence-electron chi connectivity index (χ0n) is 12.0. The molecule has 0 spiro atoms. The third-order valence-electron chi connectivity index (χ3n) is 2.92. The van der Waals surface area contributed by atoms with E-state index in [1.807, 2.05) is 30.3 Å². The van der Waals surface area contributed by atoms with Crippen molar-refractivity contribution in [3.8, 4) is 5.69 Å². The van der Waals surface area contributed by atoms with E-state index in [1.165, 1.54) is 6.07 Å². The molecule has 1 aromatic heterocycles. The Morgan fingerprint density at radius 1 is 1.33 bits per heavy atom. The van der Waals surface area contributed by atoms with Crippen LogP contribution in [0.15, 0.2) is 41.2 Å². The maximum absolute atomic E-state index is 12.0. The lowest BCUT2D eigenvalue weighted by Crippen LogP contribution is -2.33. The molecule has 0 atom stereocenters. The fourth-order valence-electron chi connectivity index (χ4n) is 1.89. The molecule has 6 heteroatoms. The number of nitrogens with zero attached hydrogens (tertiary/aromatic N) is 2. The van der Waals surface area contributed by atoms with Gasteiger partial charge in [-0.25, -0.2) is 4.68 Å². The minimum absolute atomic E-state index is 0.124. The molecule has 1 amide bonds. The van der Waals surface area contributed by atoms with E-state index in [0.29, 0.717) is 18.8 Å². The number of benzene rings is 1. The van der Waals surface area contributed by atoms with Gasteiger partial charge in [-0.1, -0.05) is 18.2 Å². The lowest BCUT2D eigenvalue weighted by atomic mass is 10.2. The Morgan fingerprint density at radius 3 is 2.71 bits per heavy atom. The highest BCUT2D eigenvalue weighted by Crippen LogP contribution is 2.07. The molecule has 2 rings (SSSR count). The Kier molecular flexibility index (Phi) is 4.84. The van der Waals surface area contributed by atoms with Gasteiger partial charge in [-0.15, -0.1) is 0 Å². The predicted octanol–water partition coefficient (Wildman–Crippen LogP) is 0.917. The topological polar surface area (TPSA) is 73.2 Å². The highest BCUT2D eigenvalue weighted by Gasteiger charge is 2.14. The van der Waals surface area contributed by atoms with Gasteiger partial charge in [0.05, 0.1) is 12.3 Å². The highest BCUT2D eigenvalue weighted by molar-refractivity contribution is 5.92. The van der Waals surface area contributed by atoms with Crippen molar-refractivity contribution < 1.29 is 9.53 Å². The average Bonchev–Trinajstić information content (AvgIpc) is 2.48. The molecular weight excluding hydrogens is 270 g/mol. The summed E-state index contributed by atoms with van der Waals surface area (Å²) in [7, 11) is 1.54. The maximum atomic E-state index is 12.0. The number of hydrogen-bond donors (Lipinski definition) is 1. The van der Waals surface area contributed by atoms with Crippen LogP contribution in [0.3, 0.4) is 0 Å². The molecule has 0 aliphatic carbocycles. The number of carbonyl (C=O) groups is 1. The molecule has 1 N–H and O–H groups in total. The summed E-state index contributed by atoms with van der Waals surface area (Å²) in [6.07, 6.45) is 0. The van der Waals surface area contributed by atoms with E-state index in [2.05, 4.69) is 10.4 Å². The van der Waals surface area contributed by atoms with Gasteiger partial charge in [0, 0.05) is 25.4 Å². The number of rotatable bonds is 5. The van der Waals surface area contributed by atoms with Crippen molar-refractivity contribution in [2.24, 2.45) is 0 Å². The SMILES string of the molecule is COCCNC(=O)c1nn(-c2ccccc2)c(C)cc1=O. The quantitative estimate of drug-likeness (QED) is 0.830. The number of aromatic nitrogens is 2. The lowest BCUT2D eigenvalue weighted by Gasteiger charge is -2.11. The number of amides is 1. The monoisotopic (exact) mass is 287 g/mol. The number of hydrogen-bond acceptors (Lipinski definition) is 4. The molecule has 0 saturated carbocycles. The van der Waals surface area contributed by atoms with Crippen molar-refractivity contribution >= 4 is 5.91 Å². The summed E-state index contributed by atoms with van der Waals surface area (Å²) in [5, 5.41) is 6.77. The van der Waals surface area contributed by atoms with Gasteiger partial charge in [-0.2, -0.15) is 5.10 Å². The number of aryl methyl sites for hydroxylation is 1. The van der Waals surface area contributed by atoms with E-state index < -0.39 is 11.3 Å². The minimum Gasteiger partial charge on any atom is -0.383 e. The van der Waals surface area contributed by atoms with Crippen molar-refractivity contribution in [1.29, 1.82) is 0 Å². The third-order valence-corrected chi connectivity index (χ3v) is 2.92. The second kappa shape index (κ2) is 6.81. The molecular formula is C15H17N3O3. The van der Waals surface area contributed by atoms with Gasteiger partial charge >= 0.3 is 0 Å². The summed E-state index contributed by atoms with van der Waals surface area (Å²) in [6.45, 7) is 2.48. The van der Waals surface area contributed by atoms with Gasteiger partial charge in [0.1, 0.15) is 0 Å². The normalized spacial score (nSPS) is 10.4. The Bertz CT molecular complexity index is 680. The number of para-hydroxylation sites is 1. The van der Waals surface area contributed by atoms with Gasteiger partial charge in [-0.05, 0) is 19.1 Å². The standard InChI is InChI=1S/C15H17N3O3/c1-11-10-13(19)14(15(20)16-8-9-21-2)17-18(11)12-6-4-3-5-7-12/h3-7,10H,8-9H2,1-2H3,(H,16,20). The molecule has 21 heavy (non-hydrogen) atoms. The van der Waals surface area contributed by atoms with Crippen LogP contribution < -0.4 is 10.7 Å².